The molecule has 4 rings (SSSR count). The van der Waals surface area contributed by atoms with Crippen LogP contribution in [0.5, 0.6) is 0 Å². The van der Waals surface area contributed by atoms with E-state index >= 15 is 0 Å². The predicted molar refractivity (Wildman–Crippen MR) is 123 cm³/mol. The van der Waals surface area contributed by atoms with Gasteiger partial charge < -0.3 is 25.0 Å². The number of hydrogen-bond acceptors (Lipinski definition) is 6. The van der Waals surface area contributed by atoms with Crippen molar-refractivity contribution in [3.05, 3.63) is 59.4 Å². The van der Waals surface area contributed by atoms with Gasteiger partial charge in [-0.3, -0.25) is 14.4 Å². The van der Waals surface area contributed by atoms with Crippen molar-refractivity contribution in [2.45, 2.75) is 45.2 Å². The third kappa shape index (κ3) is 5.75. The van der Waals surface area contributed by atoms with Crippen molar-refractivity contribution in [2.24, 2.45) is 0 Å². The van der Waals surface area contributed by atoms with Gasteiger partial charge in [0.2, 0.25) is 11.8 Å². The van der Waals surface area contributed by atoms with E-state index in [0.717, 1.165) is 25.0 Å². The summed E-state index contributed by atoms with van der Waals surface area (Å²) in [5, 5.41) is 8.95. The first-order chi connectivity index (χ1) is 17.2. The molecule has 1 aliphatic rings. The van der Waals surface area contributed by atoms with Gasteiger partial charge >= 0.3 is 0 Å². The minimum Gasteiger partial charge on any atom is -0.361 e. The van der Waals surface area contributed by atoms with E-state index in [1.165, 1.54) is 18.3 Å². The van der Waals surface area contributed by atoms with Gasteiger partial charge in [-0.15, -0.1) is 0 Å². The second-order valence-electron chi connectivity index (χ2n) is 8.68. The number of benzene rings is 1. The van der Waals surface area contributed by atoms with E-state index in [1.54, 1.807) is 18.7 Å². The highest BCUT2D eigenvalue weighted by atomic mass is 19.1. The number of carbonyl (C=O) groups excluding carboxylic acids is 3. The molecule has 12 heteroatoms. The van der Waals surface area contributed by atoms with Crippen molar-refractivity contribution in [2.75, 3.05) is 13.1 Å². The molecule has 1 aliphatic heterocycles. The number of carbonyl (C=O) groups is 3. The zero-order valence-electron chi connectivity index (χ0n) is 19.8. The molecule has 36 heavy (non-hydrogen) atoms. The molecule has 1 fully saturated rings. The van der Waals surface area contributed by atoms with E-state index < -0.39 is 35.5 Å². The molecular weight excluding hydrogens is 474 g/mol. The fourth-order valence-corrected chi connectivity index (χ4v) is 3.97. The minimum absolute atomic E-state index is 0.0102. The molecule has 0 spiro atoms. The molecule has 190 valence electrons. The van der Waals surface area contributed by atoms with Crippen LogP contribution in [-0.4, -0.2) is 56.9 Å². The van der Waals surface area contributed by atoms with Crippen LogP contribution < -0.4 is 10.6 Å². The van der Waals surface area contributed by atoms with E-state index in [2.05, 4.69) is 25.8 Å². The van der Waals surface area contributed by atoms with Gasteiger partial charge in [-0.2, -0.15) is 0 Å². The number of H-pyrrole nitrogens is 1. The van der Waals surface area contributed by atoms with Gasteiger partial charge in [0.25, 0.3) is 5.91 Å². The fourth-order valence-electron chi connectivity index (χ4n) is 3.97. The Hall–Kier alpha value is -4.09. The number of aromatic amines is 1. The van der Waals surface area contributed by atoms with Crippen LogP contribution in [0.3, 0.4) is 0 Å². The molecule has 3 aromatic rings. The average molecular weight is 501 g/mol. The molecule has 1 saturated heterocycles. The zero-order chi connectivity index (χ0) is 25.8. The number of halogens is 2. The Morgan fingerprint density at radius 1 is 1.17 bits per heavy atom. The molecular formula is C24H26F2N6O4. The van der Waals surface area contributed by atoms with Crippen molar-refractivity contribution < 1.29 is 27.7 Å². The van der Waals surface area contributed by atoms with E-state index in [1.807, 2.05) is 0 Å². The molecule has 3 amide bonds. The summed E-state index contributed by atoms with van der Waals surface area (Å²) in [4.78, 5) is 47.3. The fraction of sp³-hybridized carbons (Fsp3) is 0.375. The van der Waals surface area contributed by atoms with Gasteiger partial charge in [0.15, 0.2) is 5.69 Å². The molecule has 3 N–H and O–H groups in total. The normalized spacial score (nSPS) is 14.9. The van der Waals surface area contributed by atoms with Crippen LogP contribution in [0.15, 0.2) is 35.0 Å². The summed E-state index contributed by atoms with van der Waals surface area (Å²) in [6.45, 7) is 4.48. The molecule has 2 aromatic heterocycles. The Morgan fingerprint density at radius 2 is 1.92 bits per heavy atom. The van der Waals surface area contributed by atoms with Crippen molar-refractivity contribution >= 4 is 17.7 Å². The first-order valence-electron chi connectivity index (χ1n) is 11.5. The van der Waals surface area contributed by atoms with E-state index in [4.69, 9.17) is 4.52 Å². The zero-order valence-corrected chi connectivity index (χ0v) is 19.8. The highest BCUT2D eigenvalue weighted by Gasteiger charge is 2.30. The average Bonchev–Trinajstić information content (AvgIpc) is 3.60. The van der Waals surface area contributed by atoms with Crippen LogP contribution in [-0.2, 0) is 9.59 Å². The monoisotopic (exact) mass is 500 g/mol. The van der Waals surface area contributed by atoms with Crippen LogP contribution in [0, 0.1) is 18.6 Å². The topological polar surface area (TPSA) is 133 Å². The Kier molecular flexibility index (Phi) is 7.41. The lowest BCUT2D eigenvalue weighted by atomic mass is 10.1. The molecule has 3 heterocycles. The van der Waals surface area contributed by atoms with E-state index in [9.17, 15) is 23.2 Å². The Morgan fingerprint density at radius 3 is 2.58 bits per heavy atom. The molecule has 0 aliphatic carbocycles. The van der Waals surface area contributed by atoms with Gasteiger partial charge in [-0.1, -0.05) is 5.16 Å². The van der Waals surface area contributed by atoms with Crippen LogP contribution in [0.25, 0.3) is 11.3 Å². The molecule has 0 radical (unpaired) electrons. The largest absolute Gasteiger partial charge is 0.361 e. The second-order valence-corrected chi connectivity index (χ2v) is 8.68. The number of amides is 3. The lowest BCUT2D eigenvalue weighted by Gasteiger charge is -2.22. The summed E-state index contributed by atoms with van der Waals surface area (Å²) in [6, 6.07) is 2.76. The summed E-state index contributed by atoms with van der Waals surface area (Å²) < 4.78 is 32.3. The number of aryl methyl sites for hydroxylation is 1. The highest BCUT2D eigenvalue weighted by molar-refractivity contribution is 5.97. The number of likely N-dealkylation sites (tertiary alicyclic amines) is 1. The summed E-state index contributed by atoms with van der Waals surface area (Å²) in [5.41, 5.74) is 0.418. The SMILES string of the molecule is Cc1cc(C(=O)NC(CC(=O)N2CCCC2)C(=O)N[C@@H](C)c2ncc(-c3ccc(F)cc3F)[nH]2)no1. The first-order valence-corrected chi connectivity index (χ1v) is 11.5. The van der Waals surface area contributed by atoms with Crippen LogP contribution in [0.2, 0.25) is 0 Å². The Bertz CT molecular complexity index is 1270. The summed E-state index contributed by atoms with van der Waals surface area (Å²) in [5.74, 6) is -2.22. The number of hydrogen-bond donors (Lipinski definition) is 3. The highest BCUT2D eigenvalue weighted by Crippen LogP contribution is 2.23. The first kappa shape index (κ1) is 25.0. The number of rotatable bonds is 8. The molecule has 1 aromatic carbocycles. The van der Waals surface area contributed by atoms with Crippen LogP contribution in [0.1, 0.15) is 54.3 Å². The maximum atomic E-state index is 14.1. The summed E-state index contributed by atoms with van der Waals surface area (Å²) in [6.07, 6.45) is 2.92. The standard InChI is InChI=1S/C24H26F2N6O4/c1-13-9-19(31-36-13)24(35)30-18(11-21(33)32-7-3-4-8-32)23(34)28-14(2)22-27-12-20(29-22)16-6-5-15(25)10-17(16)26/h5-6,9-10,12,14,18H,3-4,7-8,11H2,1-2H3,(H,27,29)(H,28,34)(H,30,35)/t14-,18?/m0/s1. The van der Waals surface area contributed by atoms with Crippen molar-refractivity contribution in [3.63, 3.8) is 0 Å². The Labute approximate surface area is 205 Å². The maximum Gasteiger partial charge on any atom is 0.274 e. The van der Waals surface area contributed by atoms with Crippen LogP contribution in [0.4, 0.5) is 8.78 Å². The summed E-state index contributed by atoms with van der Waals surface area (Å²) >= 11 is 0. The van der Waals surface area contributed by atoms with Crippen molar-refractivity contribution in [3.8, 4) is 11.3 Å². The number of imidazole rings is 1. The number of nitrogens with one attached hydrogen (secondary N) is 3. The van der Waals surface area contributed by atoms with E-state index in [-0.39, 0.29) is 23.6 Å². The smallest absolute Gasteiger partial charge is 0.274 e. The van der Waals surface area contributed by atoms with Crippen LogP contribution >= 0.6 is 0 Å². The second kappa shape index (κ2) is 10.7. The third-order valence-electron chi connectivity index (χ3n) is 5.91. The van der Waals surface area contributed by atoms with Gasteiger partial charge in [0, 0.05) is 30.8 Å². The molecule has 0 bridgehead atoms. The predicted octanol–water partition coefficient (Wildman–Crippen LogP) is 2.64. The van der Waals surface area contributed by atoms with Gasteiger partial charge in [-0.05, 0) is 38.8 Å². The molecule has 2 atom stereocenters. The van der Waals surface area contributed by atoms with Gasteiger partial charge in [0.05, 0.1) is 24.4 Å². The number of aromatic nitrogens is 3. The lowest BCUT2D eigenvalue weighted by molar-refractivity contribution is -0.134. The third-order valence-corrected chi connectivity index (χ3v) is 5.91. The summed E-state index contributed by atoms with van der Waals surface area (Å²) in [7, 11) is 0. The number of nitrogens with zero attached hydrogens (tertiary/aromatic N) is 3. The quantitative estimate of drug-likeness (QED) is 0.436. The molecule has 1 unspecified atom stereocenters. The Balaban J connectivity index is 1.47. The molecule has 10 nitrogen and oxygen atoms in total. The van der Waals surface area contributed by atoms with Crippen molar-refractivity contribution in [1.82, 2.24) is 30.7 Å². The minimum atomic E-state index is -1.17. The maximum absolute atomic E-state index is 14.1. The van der Waals surface area contributed by atoms with E-state index in [0.29, 0.717) is 30.4 Å². The molecule has 0 saturated carbocycles. The van der Waals surface area contributed by atoms with Crippen molar-refractivity contribution in [1.29, 1.82) is 0 Å². The van der Waals surface area contributed by atoms with Gasteiger partial charge in [-0.25, -0.2) is 13.8 Å². The van der Waals surface area contributed by atoms with Gasteiger partial charge in [0.1, 0.15) is 29.3 Å². The lowest BCUT2D eigenvalue weighted by Crippen LogP contribution is -2.50.